The van der Waals surface area contributed by atoms with Gasteiger partial charge in [-0.1, -0.05) is 51.4 Å². The summed E-state index contributed by atoms with van der Waals surface area (Å²) in [6.07, 6.45) is 1.60. The van der Waals surface area contributed by atoms with Crippen molar-refractivity contribution in [3.8, 4) is 11.4 Å². The second-order valence-electron chi connectivity index (χ2n) is 9.56. The van der Waals surface area contributed by atoms with E-state index in [2.05, 4.69) is 84.2 Å². The van der Waals surface area contributed by atoms with E-state index in [9.17, 15) is 4.79 Å². The lowest BCUT2D eigenvalue weighted by atomic mass is 9.95. The molecule has 0 radical (unpaired) electrons. The van der Waals surface area contributed by atoms with Gasteiger partial charge in [0.15, 0.2) is 0 Å². The summed E-state index contributed by atoms with van der Waals surface area (Å²) < 4.78 is 8.78. The van der Waals surface area contributed by atoms with E-state index in [1.54, 1.807) is 0 Å². The summed E-state index contributed by atoms with van der Waals surface area (Å²) in [5.74, 6) is 1.26. The Hall–Kier alpha value is -3.49. The third-order valence-corrected chi connectivity index (χ3v) is 7.72. The predicted molar refractivity (Wildman–Crippen MR) is 149 cm³/mol. The van der Waals surface area contributed by atoms with Gasteiger partial charge in [0.05, 0.1) is 6.54 Å². The second-order valence-corrected chi connectivity index (χ2v) is 10.5. The van der Waals surface area contributed by atoms with E-state index in [1.807, 2.05) is 30.3 Å². The molecule has 5 aromatic rings. The van der Waals surface area contributed by atoms with E-state index in [4.69, 9.17) is 4.52 Å². The molecule has 1 amide bonds. The Labute approximate surface area is 223 Å². The number of halogens is 1. The van der Waals surface area contributed by atoms with Gasteiger partial charge >= 0.3 is 0 Å². The predicted octanol–water partition coefficient (Wildman–Crippen LogP) is 6.48. The summed E-state index contributed by atoms with van der Waals surface area (Å²) in [6.45, 7) is 5.29. The maximum atomic E-state index is 13.1. The van der Waals surface area contributed by atoms with Gasteiger partial charge in [0.1, 0.15) is 0 Å². The fraction of sp³-hybridized carbons (Fsp3) is 0.276. The van der Waals surface area contributed by atoms with Crippen LogP contribution in [-0.4, -0.2) is 38.6 Å². The molecule has 7 nitrogen and oxygen atoms in total. The highest BCUT2D eigenvalue weighted by Crippen LogP contribution is 2.31. The number of piperidine rings is 1. The number of carbonyl (C=O) groups is 1. The summed E-state index contributed by atoms with van der Waals surface area (Å²) in [5, 5.41) is 9.69. The fourth-order valence-corrected chi connectivity index (χ4v) is 5.72. The van der Waals surface area contributed by atoms with E-state index >= 15 is 0 Å². The summed E-state index contributed by atoms with van der Waals surface area (Å²) in [7, 11) is 0. The lowest BCUT2D eigenvalue weighted by Gasteiger charge is -2.30. The largest absolute Gasteiger partial charge is 0.341 e. The van der Waals surface area contributed by atoms with Crippen LogP contribution in [-0.2, 0) is 17.9 Å². The highest BCUT2D eigenvalue weighted by molar-refractivity contribution is 9.10. The molecule has 0 bridgehead atoms. The van der Waals surface area contributed by atoms with Crippen LogP contribution in [0.5, 0.6) is 0 Å². The number of hydrogen-bond donors (Lipinski definition) is 1. The number of amides is 1. The molecule has 1 aliphatic rings. The number of likely N-dealkylation sites (tertiary alicyclic amines) is 1. The van der Waals surface area contributed by atoms with E-state index < -0.39 is 0 Å². The molecular formula is C29H28BrN5O2. The van der Waals surface area contributed by atoms with Crippen LogP contribution in [0.1, 0.15) is 25.7 Å². The summed E-state index contributed by atoms with van der Waals surface area (Å²) in [6, 6.07) is 22.5. The van der Waals surface area contributed by atoms with Crippen molar-refractivity contribution in [3.05, 3.63) is 77.1 Å². The topological polar surface area (TPSA) is 76.2 Å². The fourth-order valence-electron chi connectivity index (χ4n) is 5.32. The van der Waals surface area contributed by atoms with Crippen LogP contribution in [0.15, 0.2) is 75.7 Å². The maximum Gasteiger partial charge on any atom is 0.241 e. The summed E-state index contributed by atoms with van der Waals surface area (Å²) in [4.78, 5) is 19.9. The molecule has 8 heteroatoms. The third kappa shape index (κ3) is 4.79. The number of rotatable bonds is 6. The molecule has 1 fully saturated rings. The van der Waals surface area contributed by atoms with Crippen molar-refractivity contribution in [2.24, 2.45) is 5.92 Å². The number of aromatic nitrogens is 3. The molecular weight excluding hydrogens is 530 g/mol. The number of nitrogens with one attached hydrogen (secondary N) is 1. The van der Waals surface area contributed by atoms with Gasteiger partial charge in [-0.15, -0.1) is 0 Å². The first-order valence-corrected chi connectivity index (χ1v) is 13.5. The molecule has 2 aromatic heterocycles. The Morgan fingerprint density at radius 2 is 1.84 bits per heavy atom. The van der Waals surface area contributed by atoms with E-state index in [0.717, 1.165) is 48.2 Å². The number of fused-ring (bicyclic) bond motifs is 3. The number of para-hydroxylation sites is 1. The smallest absolute Gasteiger partial charge is 0.241 e. The monoisotopic (exact) mass is 557 g/mol. The Morgan fingerprint density at radius 1 is 1.03 bits per heavy atom. The van der Waals surface area contributed by atoms with Gasteiger partial charge in [0.2, 0.25) is 17.6 Å². The van der Waals surface area contributed by atoms with Crippen LogP contribution in [0.25, 0.3) is 33.2 Å². The average Bonchev–Trinajstić information content (AvgIpc) is 3.51. The van der Waals surface area contributed by atoms with Crippen LogP contribution >= 0.6 is 15.9 Å². The maximum absolute atomic E-state index is 13.1. The second kappa shape index (κ2) is 10.1. The number of benzene rings is 3. The molecule has 6 rings (SSSR count). The Balaban J connectivity index is 1.08. The van der Waals surface area contributed by atoms with Gasteiger partial charge in [-0.05, 0) is 69.3 Å². The van der Waals surface area contributed by atoms with Gasteiger partial charge in [-0.25, -0.2) is 0 Å². The van der Waals surface area contributed by atoms with Crippen molar-refractivity contribution >= 4 is 49.3 Å². The SMILES string of the molecule is CCn1c2ccccc2c2cc(NC(=O)C3CCN(Cc4nc(-c5cccc(Br)c5)no4)CC3)ccc21. The minimum absolute atomic E-state index is 0.0103. The lowest BCUT2D eigenvalue weighted by molar-refractivity contribution is -0.121. The normalized spacial score (nSPS) is 15.0. The molecule has 0 spiro atoms. The molecule has 0 atom stereocenters. The lowest BCUT2D eigenvalue weighted by Crippen LogP contribution is -2.37. The number of anilines is 1. The third-order valence-electron chi connectivity index (χ3n) is 7.22. The molecule has 0 saturated carbocycles. The zero-order chi connectivity index (χ0) is 25.4. The zero-order valence-electron chi connectivity index (χ0n) is 20.7. The van der Waals surface area contributed by atoms with Gasteiger partial charge in [0, 0.05) is 50.0 Å². The Morgan fingerprint density at radius 3 is 2.65 bits per heavy atom. The molecule has 37 heavy (non-hydrogen) atoms. The van der Waals surface area contributed by atoms with E-state index in [0.29, 0.717) is 18.3 Å². The highest BCUT2D eigenvalue weighted by atomic mass is 79.9. The zero-order valence-corrected chi connectivity index (χ0v) is 22.2. The molecule has 1 aliphatic heterocycles. The van der Waals surface area contributed by atoms with Crippen LogP contribution in [0.2, 0.25) is 0 Å². The Kier molecular flexibility index (Phi) is 6.52. The van der Waals surface area contributed by atoms with Crippen LogP contribution in [0.4, 0.5) is 5.69 Å². The summed E-state index contributed by atoms with van der Waals surface area (Å²) in [5.41, 5.74) is 4.18. The van der Waals surface area contributed by atoms with E-state index in [-0.39, 0.29) is 11.8 Å². The number of aryl methyl sites for hydroxylation is 1. The van der Waals surface area contributed by atoms with Crippen LogP contribution in [0, 0.1) is 5.92 Å². The quantitative estimate of drug-likeness (QED) is 0.258. The number of hydrogen-bond acceptors (Lipinski definition) is 5. The van der Waals surface area contributed by atoms with Crippen molar-refractivity contribution in [2.45, 2.75) is 32.9 Å². The van der Waals surface area contributed by atoms with Gasteiger partial charge < -0.3 is 14.4 Å². The number of carbonyl (C=O) groups excluding carboxylic acids is 1. The molecule has 3 aromatic carbocycles. The molecule has 3 heterocycles. The molecule has 1 N–H and O–H groups in total. The van der Waals surface area contributed by atoms with Gasteiger partial charge in [0.25, 0.3) is 0 Å². The van der Waals surface area contributed by atoms with Crippen molar-refractivity contribution in [2.75, 3.05) is 18.4 Å². The highest BCUT2D eigenvalue weighted by Gasteiger charge is 2.26. The number of nitrogens with zero attached hydrogens (tertiary/aromatic N) is 4. The molecule has 0 unspecified atom stereocenters. The van der Waals surface area contributed by atoms with Crippen molar-refractivity contribution in [1.29, 1.82) is 0 Å². The first-order chi connectivity index (χ1) is 18.1. The summed E-state index contributed by atoms with van der Waals surface area (Å²) >= 11 is 3.48. The van der Waals surface area contributed by atoms with Crippen molar-refractivity contribution < 1.29 is 9.32 Å². The minimum Gasteiger partial charge on any atom is -0.341 e. The average molecular weight is 558 g/mol. The van der Waals surface area contributed by atoms with Crippen molar-refractivity contribution in [3.63, 3.8) is 0 Å². The first-order valence-electron chi connectivity index (χ1n) is 12.7. The van der Waals surface area contributed by atoms with Crippen LogP contribution < -0.4 is 5.32 Å². The van der Waals surface area contributed by atoms with Gasteiger partial charge in [-0.2, -0.15) is 4.98 Å². The first kappa shape index (κ1) is 23.9. The Bertz CT molecular complexity index is 1580. The molecule has 0 aliphatic carbocycles. The van der Waals surface area contributed by atoms with E-state index in [1.165, 1.54) is 21.8 Å². The molecule has 1 saturated heterocycles. The van der Waals surface area contributed by atoms with Gasteiger partial charge in [-0.3, -0.25) is 9.69 Å². The van der Waals surface area contributed by atoms with Crippen LogP contribution in [0.3, 0.4) is 0 Å². The standard InChI is InChI=1S/C29H28BrN5O2/c1-2-35-25-9-4-3-8-23(25)24-17-22(10-11-26(24)35)31-29(36)19-12-14-34(15-13-19)18-27-32-28(33-37-27)20-6-5-7-21(30)16-20/h3-11,16-17,19H,2,12-15,18H2,1H3,(H,31,36). The molecule has 188 valence electrons. The van der Waals surface area contributed by atoms with Crippen molar-refractivity contribution in [1.82, 2.24) is 19.6 Å². The minimum atomic E-state index is -0.0103.